The fourth-order valence-corrected chi connectivity index (χ4v) is 11.8. The molecule has 0 aliphatic heterocycles. The summed E-state index contributed by atoms with van der Waals surface area (Å²) >= 11 is 0. The average Bonchev–Trinajstić information content (AvgIpc) is 3.30. The number of fused-ring (bicyclic) bond motifs is 5. The van der Waals surface area contributed by atoms with E-state index >= 15 is 0 Å². The van der Waals surface area contributed by atoms with Crippen molar-refractivity contribution in [3.05, 3.63) is 0 Å². The van der Waals surface area contributed by atoms with E-state index in [-0.39, 0.29) is 16.9 Å². The van der Waals surface area contributed by atoms with Crippen LogP contribution < -0.4 is 0 Å². The van der Waals surface area contributed by atoms with Crippen LogP contribution in [-0.4, -0.2) is 22.3 Å². The molecule has 244 valence electrons. The zero-order chi connectivity index (χ0) is 30.4. The molecule has 0 heterocycles. The van der Waals surface area contributed by atoms with Crippen LogP contribution in [0.1, 0.15) is 182 Å². The summed E-state index contributed by atoms with van der Waals surface area (Å²) in [6, 6.07) is 0. The minimum atomic E-state index is -0.658. The lowest BCUT2D eigenvalue weighted by Crippen LogP contribution is -2.62. The number of rotatable bonds is 17. The number of aliphatic hydroxyl groups excluding tert-OH is 1. The first-order chi connectivity index (χ1) is 20.1. The smallest absolute Gasteiger partial charge is 0.303 e. The van der Waals surface area contributed by atoms with Crippen molar-refractivity contribution in [3.8, 4) is 0 Å². The van der Waals surface area contributed by atoms with Crippen LogP contribution in [0.2, 0.25) is 0 Å². The van der Waals surface area contributed by atoms with Gasteiger partial charge in [0.2, 0.25) is 0 Å². The first kappa shape index (κ1) is 34.3. The summed E-state index contributed by atoms with van der Waals surface area (Å²) in [6.07, 6.45) is 29.6. The predicted octanol–water partition coefficient (Wildman–Crippen LogP) is 11.2. The summed E-state index contributed by atoms with van der Waals surface area (Å²) < 4.78 is 0. The normalized spacial score (nSPS) is 40.2. The minimum absolute atomic E-state index is 0.156. The second-order valence-electron chi connectivity index (χ2n) is 17.0. The maximum atomic E-state index is 11.9. The van der Waals surface area contributed by atoms with Gasteiger partial charge in [0.05, 0.1) is 6.10 Å². The number of unbranched alkanes of at least 4 members (excludes halogenated alkanes) is 11. The Kier molecular flexibility index (Phi) is 12.4. The summed E-state index contributed by atoms with van der Waals surface area (Å²) in [4.78, 5) is 11.3. The second-order valence-corrected chi connectivity index (χ2v) is 17.0. The topological polar surface area (TPSA) is 57.5 Å². The highest BCUT2D eigenvalue weighted by Crippen LogP contribution is 2.71. The zero-order valence-electron chi connectivity index (χ0n) is 28.6. The van der Waals surface area contributed by atoms with Gasteiger partial charge in [0.1, 0.15) is 0 Å². The monoisotopic (exact) mass is 587 g/mol. The van der Waals surface area contributed by atoms with Gasteiger partial charge in [-0.15, -0.1) is 0 Å². The van der Waals surface area contributed by atoms with Gasteiger partial charge in [-0.25, -0.2) is 0 Å². The van der Waals surface area contributed by atoms with Crippen LogP contribution in [0, 0.1) is 51.8 Å². The van der Waals surface area contributed by atoms with Gasteiger partial charge in [-0.1, -0.05) is 118 Å². The molecule has 0 aromatic heterocycles. The van der Waals surface area contributed by atoms with Crippen LogP contribution in [0.15, 0.2) is 0 Å². The van der Waals surface area contributed by atoms with Crippen LogP contribution in [0.4, 0.5) is 0 Å². The highest BCUT2D eigenvalue weighted by Gasteiger charge is 2.65. The van der Waals surface area contributed by atoms with E-state index in [1.807, 2.05) is 0 Å². The van der Waals surface area contributed by atoms with Crippen LogP contribution in [0.3, 0.4) is 0 Å². The minimum Gasteiger partial charge on any atom is -0.481 e. The van der Waals surface area contributed by atoms with Crippen molar-refractivity contribution in [3.63, 3.8) is 0 Å². The Labute approximate surface area is 260 Å². The van der Waals surface area contributed by atoms with Crippen LogP contribution in [0.25, 0.3) is 0 Å². The second kappa shape index (κ2) is 15.1. The Morgan fingerprint density at radius 1 is 0.786 bits per heavy atom. The van der Waals surface area contributed by atoms with Crippen LogP contribution in [-0.2, 0) is 4.79 Å². The molecule has 0 saturated heterocycles. The van der Waals surface area contributed by atoms with Gasteiger partial charge in [-0.05, 0) is 110 Å². The number of aliphatic hydroxyl groups is 1. The molecule has 3 heteroatoms. The van der Waals surface area contributed by atoms with E-state index < -0.39 is 5.97 Å². The first-order valence-electron chi connectivity index (χ1n) is 19.0. The van der Waals surface area contributed by atoms with Crippen molar-refractivity contribution in [1.29, 1.82) is 0 Å². The standard InChI is InChI=1S/C39H70O3/c1-6-7-8-9-10-11-12-13-14-15-16-17-18-30-23-26-39(5)33-24-25-38(4)31(29(2)19-22-35(41)42)20-21-32(38)36(33)34(40)28-37(39,3)27-30/h29-34,36,40H,6-28H2,1-5H3,(H,41,42)/t29?,30-,31+,32?,33?,34?,36?,37?,38+,39?/m0/s1. The first-order valence-corrected chi connectivity index (χ1v) is 19.0. The highest BCUT2D eigenvalue weighted by molar-refractivity contribution is 5.66. The van der Waals surface area contributed by atoms with Crippen molar-refractivity contribution in [2.24, 2.45) is 51.8 Å². The molecule has 4 aliphatic carbocycles. The molecule has 0 aromatic rings. The van der Waals surface area contributed by atoms with Gasteiger partial charge in [0.25, 0.3) is 0 Å². The summed E-state index contributed by atoms with van der Waals surface area (Å²) in [6.45, 7) is 12.3. The third-order valence-electron chi connectivity index (χ3n) is 14.5. The number of carbonyl (C=O) groups is 1. The maximum Gasteiger partial charge on any atom is 0.303 e. The van der Waals surface area contributed by atoms with Crippen molar-refractivity contribution in [2.75, 3.05) is 0 Å². The molecule has 4 saturated carbocycles. The Morgan fingerprint density at radius 2 is 1.40 bits per heavy atom. The molecule has 7 unspecified atom stereocenters. The lowest BCUT2D eigenvalue weighted by molar-refractivity contribution is -0.205. The quantitative estimate of drug-likeness (QED) is 0.167. The van der Waals surface area contributed by atoms with Gasteiger partial charge in [0.15, 0.2) is 0 Å². The Balaban J connectivity index is 1.24. The fraction of sp³-hybridized carbons (Fsp3) is 0.974. The largest absolute Gasteiger partial charge is 0.481 e. The fourth-order valence-electron chi connectivity index (χ4n) is 11.8. The number of carboxylic acid groups (broad SMARTS) is 1. The summed E-state index contributed by atoms with van der Waals surface area (Å²) in [5.74, 6) is 3.00. The van der Waals surface area contributed by atoms with Gasteiger partial charge >= 0.3 is 5.97 Å². The summed E-state index contributed by atoms with van der Waals surface area (Å²) in [5.41, 5.74) is 0.905. The Hall–Kier alpha value is -0.570. The highest BCUT2D eigenvalue weighted by atomic mass is 16.4. The molecule has 42 heavy (non-hydrogen) atoms. The number of hydrogen-bond donors (Lipinski definition) is 2. The molecular weight excluding hydrogens is 516 g/mol. The molecule has 10 atom stereocenters. The van der Waals surface area contributed by atoms with Crippen molar-refractivity contribution in [2.45, 2.75) is 188 Å². The molecule has 0 radical (unpaired) electrons. The van der Waals surface area contributed by atoms with E-state index in [1.165, 1.54) is 128 Å². The molecule has 4 rings (SSSR count). The third-order valence-corrected chi connectivity index (χ3v) is 14.5. The van der Waals surface area contributed by atoms with Crippen molar-refractivity contribution >= 4 is 5.97 Å². The van der Waals surface area contributed by atoms with Crippen molar-refractivity contribution < 1.29 is 15.0 Å². The average molecular weight is 587 g/mol. The molecule has 2 N–H and O–H groups in total. The lowest BCUT2D eigenvalue weighted by atomic mass is 9.39. The van der Waals surface area contributed by atoms with E-state index in [0.717, 1.165) is 18.8 Å². The molecule has 0 aromatic carbocycles. The Bertz CT molecular complexity index is 839. The third kappa shape index (κ3) is 7.45. The molecular formula is C39H70O3. The number of hydrogen-bond acceptors (Lipinski definition) is 2. The molecule has 4 aliphatic rings. The number of carboxylic acids is 1. The SMILES string of the molecule is CCCCCCCCCCCCCC[C@H]1CCC2(C)C3CC[C@@]4(C)C(CC[C@@H]4C(C)CCC(=O)O)C3C(O)CC2(C)C1. The van der Waals surface area contributed by atoms with E-state index in [9.17, 15) is 15.0 Å². The Morgan fingerprint density at radius 3 is 2.02 bits per heavy atom. The van der Waals surface area contributed by atoms with Gasteiger partial charge in [-0.2, -0.15) is 0 Å². The molecule has 4 fully saturated rings. The van der Waals surface area contributed by atoms with Gasteiger partial charge < -0.3 is 10.2 Å². The van der Waals surface area contributed by atoms with E-state index in [2.05, 4.69) is 34.6 Å². The molecule has 0 spiro atoms. The molecule has 3 nitrogen and oxygen atoms in total. The summed E-state index contributed by atoms with van der Waals surface area (Å²) in [5, 5.41) is 21.2. The van der Waals surface area contributed by atoms with Crippen molar-refractivity contribution in [1.82, 2.24) is 0 Å². The lowest BCUT2D eigenvalue weighted by Gasteiger charge is -2.67. The van der Waals surface area contributed by atoms with Gasteiger partial charge in [0, 0.05) is 6.42 Å². The van der Waals surface area contributed by atoms with Crippen LogP contribution in [0.5, 0.6) is 0 Å². The maximum absolute atomic E-state index is 11.9. The van der Waals surface area contributed by atoms with Crippen LogP contribution >= 0.6 is 0 Å². The number of aliphatic carboxylic acids is 1. The van der Waals surface area contributed by atoms with Gasteiger partial charge in [-0.3, -0.25) is 4.79 Å². The van der Waals surface area contributed by atoms with E-state index in [0.29, 0.717) is 41.4 Å². The zero-order valence-corrected chi connectivity index (χ0v) is 28.6. The van der Waals surface area contributed by atoms with E-state index in [1.54, 1.807) is 0 Å². The molecule has 0 bridgehead atoms. The summed E-state index contributed by atoms with van der Waals surface area (Å²) in [7, 11) is 0. The molecule has 0 amide bonds. The van der Waals surface area contributed by atoms with E-state index in [4.69, 9.17) is 0 Å². The predicted molar refractivity (Wildman–Crippen MR) is 176 cm³/mol.